The Bertz CT molecular complexity index is 1550. The van der Waals surface area contributed by atoms with Crippen LogP contribution in [-0.4, -0.2) is 23.7 Å². The molecule has 158 valence electrons. The number of benzene rings is 2. The molecule has 0 amide bonds. The van der Waals surface area contributed by atoms with Crippen LogP contribution in [-0.2, 0) is 20.6 Å². The first-order valence-electron chi connectivity index (χ1n) is 10.2. The van der Waals surface area contributed by atoms with Crippen molar-refractivity contribution in [1.29, 1.82) is 0 Å². The maximum Gasteiger partial charge on any atom is 0.330 e. The third kappa shape index (κ3) is 3.24. The first-order valence-corrected chi connectivity index (χ1v) is 10.2. The maximum absolute atomic E-state index is 13.1. The Labute approximate surface area is 183 Å². The zero-order valence-electron chi connectivity index (χ0n) is 17.8. The lowest BCUT2D eigenvalue weighted by molar-refractivity contribution is 0.685. The minimum atomic E-state index is -0.366. The lowest BCUT2D eigenvalue weighted by Gasteiger charge is -2.12. The highest BCUT2D eigenvalue weighted by atomic mass is 16.2. The Kier molecular flexibility index (Phi) is 4.78. The molecule has 0 saturated carbocycles. The van der Waals surface area contributed by atoms with Crippen molar-refractivity contribution in [3.63, 3.8) is 0 Å². The molecule has 3 aromatic heterocycles. The van der Waals surface area contributed by atoms with Crippen LogP contribution in [0.4, 0.5) is 0 Å². The van der Waals surface area contributed by atoms with Crippen LogP contribution in [0, 0.1) is 0 Å². The Balaban J connectivity index is 1.83. The number of nitrogens with zero attached hydrogens (tertiary/aromatic N) is 5. The van der Waals surface area contributed by atoms with Gasteiger partial charge in [0.15, 0.2) is 0 Å². The predicted octanol–water partition coefficient (Wildman–Crippen LogP) is 3.21. The van der Waals surface area contributed by atoms with Crippen molar-refractivity contribution in [2.24, 2.45) is 14.1 Å². The topological polar surface area (TPSA) is 74.7 Å². The fourth-order valence-corrected chi connectivity index (χ4v) is 4.02. The van der Waals surface area contributed by atoms with Gasteiger partial charge < -0.3 is 9.13 Å². The van der Waals surface area contributed by atoms with Gasteiger partial charge in [0.1, 0.15) is 12.0 Å². The molecule has 0 aliphatic heterocycles. The SMILES string of the molecule is Cn1cc(-c2cc3c(-c4ccccc4)ncnc3n2Cc2ccccc2)c(=O)n(C)c1=O. The van der Waals surface area contributed by atoms with Crippen molar-refractivity contribution in [2.45, 2.75) is 6.54 Å². The highest BCUT2D eigenvalue weighted by Gasteiger charge is 2.20. The van der Waals surface area contributed by atoms with E-state index in [1.54, 1.807) is 19.6 Å². The van der Waals surface area contributed by atoms with Crippen LogP contribution >= 0.6 is 0 Å². The molecule has 2 aromatic carbocycles. The van der Waals surface area contributed by atoms with Crippen molar-refractivity contribution in [1.82, 2.24) is 23.7 Å². The molecule has 7 heteroatoms. The first kappa shape index (κ1) is 19.7. The van der Waals surface area contributed by atoms with Gasteiger partial charge in [0.05, 0.1) is 17.0 Å². The van der Waals surface area contributed by atoms with Crippen LogP contribution in [0.5, 0.6) is 0 Å². The Hall–Kier alpha value is -4.26. The van der Waals surface area contributed by atoms with Gasteiger partial charge in [-0.05, 0) is 11.6 Å². The summed E-state index contributed by atoms with van der Waals surface area (Å²) in [5.41, 5.74) is 3.98. The molecule has 5 aromatic rings. The van der Waals surface area contributed by atoms with Gasteiger partial charge in [-0.3, -0.25) is 9.36 Å². The summed E-state index contributed by atoms with van der Waals surface area (Å²) >= 11 is 0. The van der Waals surface area contributed by atoms with E-state index in [1.807, 2.05) is 71.3 Å². The number of rotatable bonds is 4. The largest absolute Gasteiger partial charge is 0.330 e. The minimum absolute atomic E-state index is 0.348. The van der Waals surface area contributed by atoms with Gasteiger partial charge in [-0.15, -0.1) is 0 Å². The third-order valence-corrected chi connectivity index (χ3v) is 5.64. The zero-order chi connectivity index (χ0) is 22.2. The zero-order valence-corrected chi connectivity index (χ0v) is 17.8. The normalized spacial score (nSPS) is 11.2. The van der Waals surface area contributed by atoms with Gasteiger partial charge in [0.2, 0.25) is 0 Å². The summed E-state index contributed by atoms with van der Waals surface area (Å²) in [6, 6.07) is 21.8. The van der Waals surface area contributed by atoms with E-state index in [1.165, 1.54) is 11.6 Å². The van der Waals surface area contributed by atoms with Gasteiger partial charge in [0, 0.05) is 37.8 Å². The molecule has 0 fully saturated rings. The molecule has 0 saturated heterocycles. The van der Waals surface area contributed by atoms with Crippen molar-refractivity contribution >= 4 is 11.0 Å². The molecule has 7 nitrogen and oxygen atoms in total. The molecular weight excluding hydrogens is 402 g/mol. The number of aryl methyl sites for hydroxylation is 1. The number of fused-ring (bicyclic) bond motifs is 1. The van der Waals surface area contributed by atoms with E-state index in [-0.39, 0.29) is 11.2 Å². The van der Waals surface area contributed by atoms with Crippen LogP contribution in [0.25, 0.3) is 33.5 Å². The average molecular weight is 423 g/mol. The summed E-state index contributed by atoms with van der Waals surface area (Å²) in [4.78, 5) is 34.5. The first-order chi connectivity index (χ1) is 15.5. The second-order valence-corrected chi connectivity index (χ2v) is 7.73. The number of aromatic nitrogens is 5. The standard InChI is InChI=1S/C25H21N5O2/c1-28-15-20(24(31)29(2)25(28)32)21-13-19-22(18-11-7-4-8-12-18)26-16-27-23(19)30(21)14-17-9-5-3-6-10-17/h3-13,15-16H,14H2,1-2H3. The van der Waals surface area contributed by atoms with E-state index >= 15 is 0 Å². The summed E-state index contributed by atoms with van der Waals surface area (Å²) < 4.78 is 4.56. The lowest BCUT2D eigenvalue weighted by atomic mass is 10.1. The summed E-state index contributed by atoms with van der Waals surface area (Å²) in [6.45, 7) is 0.525. The summed E-state index contributed by atoms with van der Waals surface area (Å²) in [6.07, 6.45) is 3.14. The van der Waals surface area contributed by atoms with Crippen LogP contribution in [0.1, 0.15) is 5.56 Å². The molecule has 0 N–H and O–H groups in total. The van der Waals surface area contributed by atoms with Crippen molar-refractivity contribution < 1.29 is 0 Å². The maximum atomic E-state index is 13.1. The molecule has 0 aliphatic rings. The molecule has 3 heterocycles. The van der Waals surface area contributed by atoms with E-state index in [2.05, 4.69) is 9.97 Å². The second kappa shape index (κ2) is 7.77. The quantitative estimate of drug-likeness (QED) is 0.445. The van der Waals surface area contributed by atoms with Gasteiger partial charge in [0.25, 0.3) is 5.56 Å². The molecule has 5 rings (SSSR count). The van der Waals surface area contributed by atoms with Crippen LogP contribution in [0.15, 0.2) is 88.8 Å². The van der Waals surface area contributed by atoms with Crippen LogP contribution in [0.2, 0.25) is 0 Å². The van der Waals surface area contributed by atoms with E-state index in [9.17, 15) is 9.59 Å². The molecule has 32 heavy (non-hydrogen) atoms. The van der Waals surface area contributed by atoms with Crippen LogP contribution < -0.4 is 11.2 Å². The van der Waals surface area contributed by atoms with E-state index in [4.69, 9.17) is 0 Å². The van der Waals surface area contributed by atoms with E-state index in [0.717, 1.165) is 32.4 Å². The monoisotopic (exact) mass is 423 g/mol. The molecule has 0 aliphatic carbocycles. The molecule has 0 bridgehead atoms. The van der Waals surface area contributed by atoms with Gasteiger partial charge >= 0.3 is 5.69 Å². The highest BCUT2D eigenvalue weighted by molar-refractivity contribution is 5.94. The Morgan fingerprint density at radius 2 is 1.56 bits per heavy atom. The van der Waals surface area contributed by atoms with Gasteiger partial charge in [-0.25, -0.2) is 14.8 Å². The van der Waals surface area contributed by atoms with E-state index < -0.39 is 0 Å². The fraction of sp³-hybridized carbons (Fsp3) is 0.120. The van der Waals surface area contributed by atoms with Gasteiger partial charge in [-0.1, -0.05) is 60.7 Å². The van der Waals surface area contributed by atoms with Crippen LogP contribution in [0.3, 0.4) is 0 Å². The van der Waals surface area contributed by atoms with Crippen molar-refractivity contribution in [3.05, 3.63) is 106 Å². The lowest BCUT2D eigenvalue weighted by Crippen LogP contribution is -2.37. The highest BCUT2D eigenvalue weighted by Crippen LogP contribution is 2.32. The predicted molar refractivity (Wildman–Crippen MR) is 124 cm³/mol. The summed E-state index contributed by atoms with van der Waals surface area (Å²) in [5, 5.41) is 0.848. The second-order valence-electron chi connectivity index (χ2n) is 7.73. The Morgan fingerprint density at radius 3 is 2.28 bits per heavy atom. The van der Waals surface area contributed by atoms with Crippen molar-refractivity contribution in [3.8, 4) is 22.5 Å². The summed E-state index contributed by atoms with van der Waals surface area (Å²) in [7, 11) is 3.14. The molecule has 0 unspecified atom stereocenters. The van der Waals surface area contributed by atoms with E-state index in [0.29, 0.717) is 17.8 Å². The number of hydrogen-bond acceptors (Lipinski definition) is 4. The molecule has 0 radical (unpaired) electrons. The third-order valence-electron chi connectivity index (χ3n) is 5.64. The summed E-state index contributed by atoms with van der Waals surface area (Å²) in [5.74, 6) is 0. The molecular formula is C25H21N5O2. The smallest absolute Gasteiger partial charge is 0.320 e. The fourth-order valence-electron chi connectivity index (χ4n) is 4.02. The molecule has 0 spiro atoms. The average Bonchev–Trinajstić information content (AvgIpc) is 3.19. The molecule has 0 atom stereocenters. The number of hydrogen-bond donors (Lipinski definition) is 0. The van der Waals surface area contributed by atoms with Gasteiger partial charge in [-0.2, -0.15) is 0 Å². The Morgan fingerprint density at radius 1 is 0.875 bits per heavy atom. The van der Waals surface area contributed by atoms with Crippen molar-refractivity contribution in [2.75, 3.05) is 0 Å². The minimum Gasteiger partial charge on any atom is -0.320 e.